The molecule has 0 saturated heterocycles. The van der Waals surface area contributed by atoms with Gasteiger partial charge in [0.05, 0.1) is 17.6 Å². The summed E-state index contributed by atoms with van der Waals surface area (Å²) in [5, 5.41) is 13.5. The highest BCUT2D eigenvalue weighted by atomic mass is 32.2. The molecule has 158 valence electrons. The largest absolute Gasteiger partial charge is 0.390 e. The summed E-state index contributed by atoms with van der Waals surface area (Å²) in [5.41, 5.74) is 9.16. The van der Waals surface area contributed by atoms with Gasteiger partial charge in [0, 0.05) is 24.7 Å². The van der Waals surface area contributed by atoms with Gasteiger partial charge >= 0.3 is 0 Å². The number of hydrogen-bond acceptors (Lipinski definition) is 5. The second-order valence-corrected chi connectivity index (χ2v) is 9.72. The van der Waals surface area contributed by atoms with E-state index in [0.29, 0.717) is 5.56 Å². The molecule has 0 radical (unpaired) electrons. The lowest BCUT2D eigenvalue weighted by molar-refractivity contribution is 0.138. The number of sulfone groups is 1. The van der Waals surface area contributed by atoms with Crippen LogP contribution in [0.15, 0.2) is 36.4 Å². The molecule has 3 rings (SSSR count). The van der Waals surface area contributed by atoms with Crippen molar-refractivity contribution in [3.05, 3.63) is 70.3 Å². The van der Waals surface area contributed by atoms with Gasteiger partial charge in [-0.05, 0) is 47.2 Å². The summed E-state index contributed by atoms with van der Waals surface area (Å²) < 4.78 is 51.2. The zero-order valence-electron chi connectivity index (χ0n) is 16.2. The van der Waals surface area contributed by atoms with Crippen LogP contribution in [0, 0.1) is 11.6 Å². The molecule has 0 saturated carbocycles. The van der Waals surface area contributed by atoms with Crippen LogP contribution in [0.25, 0.3) is 0 Å². The van der Waals surface area contributed by atoms with Crippen LogP contribution < -0.4 is 11.1 Å². The third-order valence-electron chi connectivity index (χ3n) is 5.25. The molecule has 0 fully saturated rings. The predicted molar refractivity (Wildman–Crippen MR) is 108 cm³/mol. The van der Waals surface area contributed by atoms with Crippen LogP contribution in [0.4, 0.5) is 8.78 Å². The predicted octanol–water partition coefficient (Wildman–Crippen LogP) is 2.02. The first-order valence-corrected chi connectivity index (χ1v) is 11.4. The van der Waals surface area contributed by atoms with E-state index in [1.807, 2.05) is 25.1 Å². The standard InChI is InChI=1S/C21H26F2N2O3S/c1-2-13-3-4-15-11-29(27,28)12-20(18(15)7-13)25-10-21(26)19(24)8-14-5-16(22)9-17(23)6-14/h3-7,9,19-21,25-26H,2,8,10-12,24H2,1H3/t19-,20-,21+/m0/s1. The quantitative estimate of drug-likeness (QED) is 0.633. The molecule has 1 aliphatic rings. The van der Waals surface area contributed by atoms with Crippen molar-refractivity contribution in [2.24, 2.45) is 5.73 Å². The second-order valence-electron chi connectivity index (χ2n) is 7.62. The number of halogens is 2. The van der Waals surface area contributed by atoms with Crippen LogP contribution in [0.1, 0.15) is 35.2 Å². The fourth-order valence-corrected chi connectivity index (χ4v) is 5.34. The minimum Gasteiger partial charge on any atom is -0.390 e. The lowest BCUT2D eigenvalue weighted by Crippen LogP contribution is -2.45. The minimum absolute atomic E-state index is 0.0116. The van der Waals surface area contributed by atoms with Gasteiger partial charge in [0.2, 0.25) is 0 Å². The van der Waals surface area contributed by atoms with Crippen LogP contribution in [0.2, 0.25) is 0 Å². The van der Waals surface area contributed by atoms with Crippen molar-refractivity contribution >= 4 is 9.84 Å². The highest BCUT2D eigenvalue weighted by Gasteiger charge is 2.30. The Morgan fingerprint density at radius 2 is 1.86 bits per heavy atom. The maximum atomic E-state index is 13.3. The Hall–Kier alpha value is -1.87. The van der Waals surface area contributed by atoms with E-state index in [1.54, 1.807) is 0 Å². The molecule has 0 unspecified atom stereocenters. The molecule has 1 heterocycles. The molecular formula is C21H26F2N2O3S. The highest BCUT2D eigenvalue weighted by Crippen LogP contribution is 2.29. The molecule has 0 aliphatic carbocycles. The highest BCUT2D eigenvalue weighted by molar-refractivity contribution is 7.90. The summed E-state index contributed by atoms with van der Waals surface area (Å²) in [7, 11) is -3.25. The van der Waals surface area contributed by atoms with Crippen LogP contribution in [-0.4, -0.2) is 38.0 Å². The normalized spacial score (nSPS) is 20.1. The van der Waals surface area contributed by atoms with Gasteiger partial charge in [0.1, 0.15) is 11.6 Å². The van der Waals surface area contributed by atoms with Gasteiger partial charge in [-0.15, -0.1) is 0 Å². The van der Waals surface area contributed by atoms with Crippen LogP contribution >= 0.6 is 0 Å². The zero-order chi connectivity index (χ0) is 21.2. The molecule has 0 bridgehead atoms. The molecule has 29 heavy (non-hydrogen) atoms. The lowest BCUT2D eigenvalue weighted by Gasteiger charge is -2.29. The Morgan fingerprint density at radius 3 is 2.52 bits per heavy atom. The average Bonchev–Trinajstić information content (AvgIpc) is 2.63. The van der Waals surface area contributed by atoms with Gasteiger partial charge < -0.3 is 16.2 Å². The van der Waals surface area contributed by atoms with E-state index in [1.165, 1.54) is 12.1 Å². The van der Waals surface area contributed by atoms with Gasteiger partial charge in [0.15, 0.2) is 9.84 Å². The number of hydrogen-bond donors (Lipinski definition) is 3. The number of aliphatic hydroxyl groups excluding tert-OH is 1. The number of nitrogens with two attached hydrogens (primary N) is 1. The summed E-state index contributed by atoms with van der Waals surface area (Å²) in [4.78, 5) is 0. The topological polar surface area (TPSA) is 92.4 Å². The van der Waals surface area contributed by atoms with Gasteiger partial charge in [-0.25, -0.2) is 17.2 Å². The molecule has 2 aromatic rings. The number of rotatable bonds is 7. The summed E-state index contributed by atoms with van der Waals surface area (Å²) in [6.45, 7) is 2.09. The maximum absolute atomic E-state index is 13.3. The number of fused-ring (bicyclic) bond motifs is 1. The number of nitrogens with one attached hydrogen (secondary N) is 1. The number of aliphatic hydroxyl groups is 1. The van der Waals surface area contributed by atoms with Gasteiger partial charge in [-0.1, -0.05) is 25.1 Å². The first kappa shape index (κ1) is 21.8. The fraction of sp³-hybridized carbons (Fsp3) is 0.429. The summed E-state index contributed by atoms with van der Waals surface area (Å²) in [5.74, 6) is -1.44. The van der Waals surface area contributed by atoms with E-state index >= 15 is 0 Å². The monoisotopic (exact) mass is 424 g/mol. The van der Waals surface area contributed by atoms with E-state index in [9.17, 15) is 22.3 Å². The van der Waals surface area contributed by atoms with E-state index in [0.717, 1.165) is 29.2 Å². The SMILES string of the molecule is CCc1ccc2c(c1)[C@@H](NC[C@@H](O)[C@@H](N)Cc1cc(F)cc(F)c1)CS(=O)(=O)C2. The molecule has 0 spiro atoms. The average molecular weight is 425 g/mol. The maximum Gasteiger partial charge on any atom is 0.156 e. The van der Waals surface area contributed by atoms with E-state index < -0.39 is 39.7 Å². The molecular weight excluding hydrogens is 398 g/mol. The first-order valence-electron chi connectivity index (χ1n) is 9.61. The van der Waals surface area contributed by atoms with Crippen LogP contribution in [0.5, 0.6) is 0 Å². The Kier molecular flexibility index (Phi) is 6.68. The molecule has 0 amide bonds. The Balaban J connectivity index is 1.68. The molecule has 5 nitrogen and oxygen atoms in total. The van der Waals surface area contributed by atoms with E-state index in [4.69, 9.17) is 5.73 Å². The Bertz CT molecular complexity index is 962. The molecule has 0 aromatic heterocycles. The first-order chi connectivity index (χ1) is 13.7. The molecule has 4 N–H and O–H groups in total. The summed E-state index contributed by atoms with van der Waals surface area (Å²) >= 11 is 0. The van der Waals surface area contributed by atoms with Crippen molar-refractivity contribution in [1.82, 2.24) is 5.32 Å². The fourth-order valence-electron chi connectivity index (χ4n) is 3.68. The molecule has 1 aliphatic heterocycles. The van der Waals surface area contributed by atoms with Crippen molar-refractivity contribution < 1.29 is 22.3 Å². The Labute approximate surface area is 169 Å². The van der Waals surface area contributed by atoms with Gasteiger partial charge in [-0.3, -0.25) is 0 Å². The van der Waals surface area contributed by atoms with Gasteiger partial charge in [-0.2, -0.15) is 0 Å². The van der Waals surface area contributed by atoms with E-state index in [2.05, 4.69) is 5.32 Å². The van der Waals surface area contributed by atoms with Crippen molar-refractivity contribution in [2.45, 2.75) is 43.7 Å². The second kappa shape index (κ2) is 8.87. The number of benzene rings is 2. The summed E-state index contributed by atoms with van der Waals surface area (Å²) in [6, 6.07) is 7.72. The number of aryl methyl sites for hydroxylation is 1. The minimum atomic E-state index is -3.25. The van der Waals surface area contributed by atoms with Crippen molar-refractivity contribution in [2.75, 3.05) is 12.3 Å². The van der Waals surface area contributed by atoms with Crippen LogP contribution in [0.3, 0.4) is 0 Å². The van der Waals surface area contributed by atoms with Gasteiger partial charge in [0.25, 0.3) is 0 Å². The van der Waals surface area contributed by atoms with Crippen molar-refractivity contribution in [1.29, 1.82) is 0 Å². The molecule has 2 aromatic carbocycles. The third kappa shape index (κ3) is 5.60. The molecule has 3 atom stereocenters. The molecule has 8 heteroatoms. The smallest absolute Gasteiger partial charge is 0.156 e. The zero-order valence-corrected chi connectivity index (χ0v) is 17.1. The Morgan fingerprint density at radius 1 is 1.17 bits per heavy atom. The van der Waals surface area contributed by atoms with Crippen molar-refractivity contribution in [3.63, 3.8) is 0 Å². The van der Waals surface area contributed by atoms with Crippen LogP contribution in [-0.2, 0) is 28.4 Å². The summed E-state index contributed by atoms with van der Waals surface area (Å²) in [6.07, 6.45) is -0.0784. The lowest BCUT2D eigenvalue weighted by atomic mass is 9.97. The van der Waals surface area contributed by atoms with Crippen molar-refractivity contribution in [3.8, 4) is 0 Å². The van der Waals surface area contributed by atoms with E-state index in [-0.39, 0.29) is 24.5 Å². The third-order valence-corrected chi connectivity index (χ3v) is 6.84.